The molecule has 0 atom stereocenters. The van der Waals surface area contributed by atoms with Crippen molar-refractivity contribution in [3.63, 3.8) is 0 Å². The number of hydrogen-bond donors (Lipinski definition) is 2. The number of rotatable bonds is 5. The Bertz CT molecular complexity index is 865. The fourth-order valence-electron chi connectivity index (χ4n) is 2.16. The van der Waals surface area contributed by atoms with Gasteiger partial charge in [0.15, 0.2) is 5.82 Å². The van der Waals surface area contributed by atoms with Crippen molar-refractivity contribution in [2.75, 3.05) is 5.32 Å². The Balaban J connectivity index is 1.65. The zero-order valence-electron chi connectivity index (χ0n) is 13.1. The average molecular weight is 338 g/mol. The minimum absolute atomic E-state index is 0.0211. The van der Waals surface area contributed by atoms with Crippen LogP contribution < -0.4 is 10.1 Å². The van der Waals surface area contributed by atoms with Crippen LogP contribution in [-0.4, -0.2) is 16.0 Å². The second kappa shape index (κ2) is 7.55. The quantitative estimate of drug-likeness (QED) is 0.743. The molecule has 126 valence electrons. The van der Waals surface area contributed by atoms with Crippen LogP contribution in [0.25, 0.3) is 0 Å². The number of halogens is 1. The minimum atomic E-state index is -0.675. The highest BCUT2D eigenvalue weighted by Gasteiger charge is 2.11. The second-order valence-electron chi connectivity index (χ2n) is 5.24. The highest BCUT2D eigenvalue weighted by molar-refractivity contribution is 6.04. The predicted octanol–water partition coefficient (Wildman–Crippen LogP) is 3.76. The molecule has 0 radical (unpaired) electrons. The summed E-state index contributed by atoms with van der Waals surface area (Å²) in [6, 6.07) is 15.1. The number of anilines is 1. The summed E-state index contributed by atoms with van der Waals surface area (Å²) in [5.74, 6) is -0.00267. The van der Waals surface area contributed by atoms with E-state index >= 15 is 0 Å². The lowest BCUT2D eigenvalue weighted by Gasteiger charge is -2.09. The molecule has 0 saturated carbocycles. The number of carbonyl (C=O) groups is 1. The van der Waals surface area contributed by atoms with Crippen molar-refractivity contribution in [3.05, 3.63) is 83.9 Å². The van der Waals surface area contributed by atoms with E-state index in [1.165, 1.54) is 12.3 Å². The van der Waals surface area contributed by atoms with Gasteiger partial charge in [0, 0.05) is 11.9 Å². The van der Waals surface area contributed by atoms with Crippen LogP contribution in [0, 0.1) is 5.82 Å². The molecular weight excluding hydrogens is 323 g/mol. The third kappa shape index (κ3) is 4.19. The zero-order valence-corrected chi connectivity index (χ0v) is 13.1. The smallest absolute Gasteiger partial charge is 0.258 e. The molecule has 0 fully saturated rings. The topological polar surface area (TPSA) is 71.5 Å². The minimum Gasteiger partial charge on any atom is -0.457 e. The molecule has 0 saturated heterocycles. The van der Waals surface area contributed by atoms with Crippen molar-refractivity contribution in [2.24, 2.45) is 0 Å². The number of nitrogens with one attached hydrogen (secondary N) is 1. The maximum absolute atomic E-state index is 13.5. The van der Waals surface area contributed by atoms with Gasteiger partial charge in [-0.15, -0.1) is 0 Å². The zero-order chi connectivity index (χ0) is 17.6. The van der Waals surface area contributed by atoms with Crippen molar-refractivity contribution in [1.29, 1.82) is 0 Å². The first-order valence-electron chi connectivity index (χ1n) is 7.54. The number of benzene rings is 2. The molecule has 1 aromatic heterocycles. The van der Waals surface area contributed by atoms with E-state index in [0.717, 1.165) is 11.8 Å². The van der Waals surface area contributed by atoms with Gasteiger partial charge in [0.2, 0.25) is 0 Å². The van der Waals surface area contributed by atoms with Gasteiger partial charge in [-0.1, -0.05) is 12.1 Å². The second-order valence-corrected chi connectivity index (χ2v) is 5.24. The standard InChI is InChI=1S/C19H15FN2O3/c20-18-11-21-10-9-17(18)19(24)22-14-3-7-16(8-4-14)25-15-5-1-13(12-23)2-6-15/h1-11,23H,12H2,(H,22,24). The van der Waals surface area contributed by atoms with Crippen molar-refractivity contribution >= 4 is 11.6 Å². The van der Waals surface area contributed by atoms with Gasteiger partial charge in [-0.25, -0.2) is 4.39 Å². The van der Waals surface area contributed by atoms with Crippen LogP contribution in [0.1, 0.15) is 15.9 Å². The Kier molecular flexibility index (Phi) is 5.01. The largest absolute Gasteiger partial charge is 0.457 e. The maximum atomic E-state index is 13.5. The molecule has 1 amide bonds. The van der Waals surface area contributed by atoms with E-state index in [1.807, 2.05) is 0 Å². The fraction of sp³-hybridized carbons (Fsp3) is 0.0526. The van der Waals surface area contributed by atoms with E-state index in [4.69, 9.17) is 9.84 Å². The molecule has 2 aromatic carbocycles. The van der Waals surface area contributed by atoms with Gasteiger partial charge in [-0.05, 0) is 48.0 Å². The third-order valence-corrected chi connectivity index (χ3v) is 3.47. The Morgan fingerprint density at radius 2 is 1.68 bits per heavy atom. The molecule has 0 unspecified atom stereocenters. The number of nitrogens with zero attached hydrogens (tertiary/aromatic N) is 1. The van der Waals surface area contributed by atoms with Gasteiger partial charge in [0.1, 0.15) is 11.5 Å². The van der Waals surface area contributed by atoms with Gasteiger partial charge in [-0.3, -0.25) is 9.78 Å². The number of aliphatic hydroxyl groups excluding tert-OH is 1. The summed E-state index contributed by atoms with van der Waals surface area (Å²) in [6.07, 6.45) is 2.35. The van der Waals surface area contributed by atoms with Crippen LogP contribution in [0.5, 0.6) is 11.5 Å². The van der Waals surface area contributed by atoms with E-state index in [2.05, 4.69) is 10.3 Å². The summed E-state index contributed by atoms with van der Waals surface area (Å²) in [5.41, 5.74) is 1.25. The fourth-order valence-corrected chi connectivity index (χ4v) is 2.16. The van der Waals surface area contributed by atoms with Crippen molar-refractivity contribution < 1.29 is 19.0 Å². The molecule has 0 aliphatic heterocycles. The molecular formula is C19H15FN2O3. The molecule has 3 aromatic rings. The van der Waals surface area contributed by atoms with Crippen LogP contribution in [0.15, 0.2) is 67.0 Å². The molecule has 5 nitrogen and oxygen atoms in total. The Morgan fingerprint density at radius 3 is 2.28 bits per heavy atom. The number of aromatic nitrogens is 1. The number of pyridine rings is 1. The predicted molar refractivity (Wildman–Crippen MR) is 91.0 cm³/mol. The monoisotopic (exact) mass is 338 g/mol. The van der Waals surface area contributed by atoms with Crippen LogP contribution >= 0.6 is 0 Å². The van der Waals surface area contributed by atoms with E-state index in [9.17, 15) is 9.18 Å². The molecule has 0 bridgehead atoms. The Hall–Kier alpha value is -3.25. The molecule has 3 rings (SSSR count). The normalized spacial score (nSPS) is 10.3. The average Bonchev–Trinajstić information content (AvgIpc) is 2.64. The Morgan fingerprint density at radius 1 is 1.04 bits per heavy atom. The first-order chi connectivity index (χ1) is 12.2. The molecule has 0 aliphatic rings. The SMILES string of the molecule is O=C(Nc1ccc(Oc2ccc(CO)cc2)cc1)c1ccncc1F. The van der Waals surface area contributed by atoms with Gasteiger partial charge in [0.25, 0.3) is 5.91 Å². The van der Waals surface area contributed by atoms with E-state index in [-0.39, 0.29) is 12.2 Å². The lowest BCUT2D eigenvalue weighted by atomic mass is 10.2. The summed E-state index contributed by atoms with van der Waals surface area (Å²) in [6.45, 7) is -0.0211. The van der Waals surface area contributed by atoms with Crippen LogP contribution in [0.4, 0.5) is 10.1 Å². The van der Waals surface area contributed by atoms with Crippen molar-refractivity contribution in [1.82, 2.24) is 4.98 Å². The van der Waals surface area contributed by atoms with Crippen molar-refractivity contribution in [3.8, 4) is 11.5 Å². The van der Waals surface area contributed by atoms with E-state index in [0.29, 0.717) is 17.2 Å². The summed E-state index contributed by atoms with van der Waals surface area (Å²) in [7, 11) is 0. The lowest BCUT2D eigenvalue weighted by molar-refractivity contribution is 0.102. The summed E-state index contributed by atoms with van der Waals surface area (Å²) in [4.78, 5) is 15.7. The van der Waals surface area contributed by atoms with Gasteiger partial charge < -0.3 is 15.2 Å². The summed E-state index contributed by atoms with van der Waals surface area (Å²) < 4.78 is 19.2. The van der Waals surface area contributed by atoms with Crippen LogP contribution in [0.3, 0.4) is 0 Å². The lowest BCUT2D eigenvalue weighted by Crippen LogP contribution is -2.13. The van der Waals surface area contributed by atoms with E-state index < -0.39 is 11.7 Å². The molecule has 1 heterocycles. The number of ether oxygens (including phenoxy) is 1. The summed E-state index contributed by atoms with van der Waals surface area (Å²) >= 11 is 0. The number of hydrogen-bond acceptors (Lipinski definition) is 4. The van der Waals surface area contributed by atoms with Crippen LogP contribution in [0.2, 0.25) is 0 Å². The highest BCUT2D eigenvalue weighted by Crippen LogP contribution is 2.23. The molecule has 0 spiro atoms. The highest BCUT2D eigenvalue weighted by atomic mass is 19.1. The molecule has 6 heteroatoms. The van der Waals surface area contributed by atoms with E-state index in [1.54, 1.807) is 48.5 Å². The van der Waals surface area contributed by atoms with Gasteiger partial charge in [0.05, 0.1) is 18.4 Å². The maximum Gasteiger partial charge on any atom is 0.258 e. The van der Waals surface area contributed by atoms with Crippen LogP contribution in [-0.2, 0) is 6.61 Å². The van der Waals surface area contributed by atoms with Gasteiger partial charge in [-0.2, -0.15) is 0 Å². The number of carbonyl (C=O) groups excluding carboxylic acids is 1. The summed E-state index contributed by atoms with van der Waals surface area (Å²) in [5, 5.41) is 11.6. The Labute approximate surface area is 143 Å². The van der Waals surface area contributed by atoms with Gasteiger partial charge >= 0.3 is 0 Å². The first kappa shape index (κ1) is 16.6. The number of aliphatic hydroxyl groups is 1. The first-order valence-corrected chi connectivity index (χ1v) is 7.54. The molecule has 2 N–H and O–H groups in total. The molecule has 25 heavy (non-hydrogen) atoms. The van der Waals surface area contributed by atoms with Crippen molar-refractivity contribution in [2.45, 2.75) is 6.61 Å². The molecule has 0 aliphatic carbocycles. The third-order valence-electron chi connectivity index (χ3n) is 3.47. The number of amides is 1.